The van der Waals surface area contributed by atoms with Crippen LogP contribution in [-0.4, -0.2) is 4.98 Å². The third-order valence-corrected chi connectivity index (χ3v) is 3.17. The molecule has 78 valence electrons. The van der Waals surface area contributed by atoms with E-state index >= 15 is 0 Å². The maximum absolute atomic E-state index is 5.18. The van der Waals surface area contributed by atoms with Crippen molar-refractivity contribution in [1.29, 1.82) is 0 Å². The van der Waals surface area contributed by atoms with Gasteiger partial charge in [-0.25, -0.2) is 4.98 Å². The summed E-state index contributed by atoms with van der Waals surface area (Å²) in [4.78, 5) is 4.08. The molecular formula is C12H13NOS. The lowest BCUT2D eigenvalue weighted by Crippen LogP contribution is -1.87. The molecule has 15 heavy (non-hydrogen) atoms. The van der Waals surface area contributed by atoms with Crippen LogP contribution in [-0.2, 0) is 5.75 Å². The van der Waals surface area contributed by atoms with E-state index < -0.39 is 0 Å². The third-order valence-electron chi connectivity index (χ3n) is 2.27. The standard InChI is InChI=1S/C12H13NOS/c1-9-3-4-10(2)11(7-9)8-15-12-13-5-6-14-12/h3-7H,8H2,1-2H3. The fraction of sp³-hybridized carbons (Fsp3) is 0.250. The van der Waals surface area contributed by atoms with Crippen LogP contribution in [0.4, 0.5) is 0 Å². The summed E-state index contributed by atoms with van der Waals surface area (Å²) in [6.07, 6.45) is 3.27. The van der Waals surface area contributed by atoms with Crippen LogP contribution in [0.3, 0.4) is 0 Å². The highest BCUT2D eigenvalue weighted by atomic mass is 32.2. The summed E-state index contributed by atoms with van der Waals surface area (Å²) in [7, 11) is 0. The number of hydrogen-bond donors (Lipinski definition) is 0. The number of hydrogen-bond acceptors (Lipinski definition) is 3. The van der Waals surface area contributed by atoms with Crippen LogP contribution in [0.15, 0.2) is 40.3 Å². The molecule has 0 unspecified atom stereocenters. The Bertz CT molecular complexity index is 437. The van der Waals surface area contributed by atoms with Crippen LogP contribution < -0.4 is 0 Å². The fourth-order valence-corrected chi connectivity index (χ4v) is 2.23. The highest BCUT2D eigenvalue weighted by Gasteiger charge is 2.02. The molecule has 1 heterocycles. The molecule has 2 rings (SSSR count). The van der Waals surface area contributed by atoms with Crippen molar-refractivity contribution in [2.24, 2.45) is 0 Å². The second-order valence-electron chi connectivity index (χ2n) is 3.52. The summed E-state index contributed by atoms with van der Waals surface area (Å²) in [6, 6.07) is 6.50. The molecule has 1 aromatic heterocycles. The van der Waals surface area contributed by atoms with Gasteiger partial charge in [-0.15, -0.1) is 0 Å². The highest BCUT2D eigenvalue weighted by molar-refractivity contribution is 7.98. The first-order valence-electron chi connectivity index (χ1n) is 4.84. The molecule has 0 saturated carbocycles. The Morgan fingerprint density at radius 2 is 2.20 bits per heavy atom. The molecule has 0 aliphatic rings. The largest absolute Gasteiger partial charge is 0.440 e. The number of aryl methyl sites for hydroxylation is 2. The zero-order chi connectivity index (χ0) is 10.7. The van der Waals surface area contributed by atoms with Crippen LogP contribution in [0, 0.1) is 13.8 Å². The lowest BCUT2D eigenvalue weighted by atomic mass is 10.1. The van der Waals surface area contributed by atoms with E-state index in [1.807, 2.05) is 0 Å². The minimum Gasteiger partial charge on any atom is -0.440 e. The van der Waals surface area contributed by atoms with E-state index in [0.717, 1.165) is 11.0 Å². The lowest BCUT2D eigenvalue weighted by molar-refractivity contribution is 0.454. The van der Waals surface area contributed by atoms with Gasteiger partial charge in [-0.05, 0) is 25.0 Å². The van der Waals surface area contributed by atoms with Crippen molar-refractivity contribution in [1.82, 2.24) is 4.98 Å². The van der Waals surface area contributed by atoms with E-state index in [9.17, 15) is 0 Å². The van der Waals surface area contributed by atoms with E-state index in [1.54, 1.807) is 24.2 Å². The molecule has 0 N–H and O–H groups in total. The zero-order valence-corrected chi connectivity index (χ0v) is 9.67. The number of benzene rings is 1. The normalized spacial score (nSPS) is 10.5. The van der Waals surface area contributed by atoms with E-state index in [1.165, 1.54) is 16.7 Å². The lowest BCUT2D eigenvalue weighted by Gasteiger charge is -2.04. The fourth-order valence-electron chi connectivity index (χ4n) is 1.38. The predicted octanol–water partition coefficient (Wildman–Crippen LogP) is 3.58. The molecule has 0 aliphatic heterocycles. The van der Waals surface area contributed by atoms with Crippen LogP contribution in [0.1, 0.15) is 16.7 Å². The first-order valence-corrected chi connectivity index (χ1v) is 5.82. The molecule has 0 radical (unpaired) electrons. The van der Waals surface area contributed by atoms with E-state index in [-0.39, 0.29) is 0 Å². The number of oxazole rings is 1. The molecule has 0 atom stereocenters. The van der Waals surface area contributed by atoms with Crippen LogP contribution in [0.2, 0.25) is 0 Å². The van der Waals surface area contributed by atoms with Gasteiger partial charge in [0, 0.05) is 5.75 Å². The van der Waals surface area contributed by atoms with Gasteiger partial charge in [-0.2, -0.15) is 0 Å². The van der Waals surface area contributed by atoms with Gasteiger partial charge in [0.2, 0.25) is 0 Å². The molecule has 0 spiro atoms. The van der Waals surface area contributed by atoms with E-state index in [2.05, 4.69) is 37.0 Å². The van der Waals surface area contributed by atoms with Gasteiger partial charge in [0.05, 0.1) is 6.20 Å². The second kappa shape index (κ2) is 4.53. The summed E-state index contributed by atoms with van der Waals surface area (Å²) < 4.78 is 5.18. The number of nitrogens with zero attached hydrogens (tertiary/aromatic N) is 1. The van der Waals surface area contributed by atoms with Gasteiger partial charge in [-0.1, -0.05) is 35.5 Å². The van der Waals surface area contributed by atoms with Crippen molar-refractivity contribution in [2.75, 3.05) is 0 Å². The predicted molar refractivity (Wildman–Crippen MR) is 62.0 cm³/mol. The van der Waals surface area contributed by atoms with E-state index in [0.29, 0.717) is 0 Å². The number of thioether (sulfide) groups is 1. The first-order chi connectivity index (χ1) is 7.25. The Labute approximate surface area is 93.7 Å². The van der Waals surface area contributed by atoms with Gasteiger partial charge < -0.3 is 4.42 Å². The van der Waals surface area contributed by atoms with Crippen LogP contribution in [0.25, 0.3) is 0 Å². The minimum atomic E-state index is 0.732. The quantitative estimate of drug-likeness (QED) is 0.738. The maximum Gasteiger partial charge on any atom is 0.255 e. The topological polar surface area (TPSA) is 26.0 Å². The molecule has 0 amide bonds. The van der Waals surface area contributed by atoms with Gasteiger partial charge >= 0.3 is 0 Å². The molecule has 0 fully saturated rings. The van der Waals surface area contributed by atoms with E-state index in [4.69, 9.17) is 4.42 Å². The Morgan fingerprint density at radius 3 is 2.93 bits per heavy atom. The molecule has 2 aromatic rings. The smallest absolute Gasteiger partial charge is 0.255 e. The summed E-state index contributed by atoms with van der Waals surface area (Å²) >= 11 is 1.63. The molecule has 0 bridgehead atoms. The second-order valence-corrected chi connectivity index (χ2v) is 4.44. The summed E-state index contributed by atoms with van der Waals surface area (Å²) in [6.45, 7) is 4.24. The molecule has 1 aromatic carbocycles. The third kappa shape index (κ3) is 2.63. The van der Waals surface area contributed by atoms with Crippen molar-refractivity contribution in [3.63, 3.8) is 0 Å². The summed E-state index contributed by atoms with van der Waals surface area (Å²) in [5.74, 6) is 0.911. The van der Waals surface area contributed by atoms with Gasteiger partial charge in [0.15, 0.2) is 0 Å². The Balaban J connectivity index is 2.07. The van der Waals surface area contributed by atoms with Crippen molar-refractivity contribution in [2.45, 2.75) is 24.8 Å². The minimum absolute atomic E-state index is 0.732. The highest BCUT2D eigenvalue weighted by Crippen LogP contribution is 2.23. The van der Waals surface area contributed by atoms with Gasteiger partial charge in [-0.3, -0.25) is 0 Å². The molecule has 0 saturated heterocycles. The Kier molecular flexibility index (Phi) is 3.11. The van der Waals surface area contributed by atoms with Gasteiger partial charge in [0.1, 0.15) is 6.26 Å². The molecule has 0 aliphatic carbocycles. The average Bonchev–Trinajstić information content (AvgIpc) is 2.72. The first kappa shape index (κ1) is 10.3. The Hall–Kier alpha value is -1.22. The maximum atomic E-state index is 5.18. The van der Waals surface area contributed by atoms with Crippen molar-refractivity contribution >= 4 is 11.8 Å². The van der Waals surface area contributed by atoms with Crippen molar-refractivity contribution < 1.29 is 4.42 Å². The SMILES string of the molecule is Cc1ccc(C)c(CSc2ncco2)c1. The van der Waals surface area contributed by atoms with Crippen molar-refractivity contribution in [3.8, 4) is 0 Å². The number of rotatable bonds is 3. The average molecular weight is 219 g/mol. The Morgan fingerprint density at radius 1 is 1.33 bits per heavy atom. The number of aromatic nitrogens is 1. The van der Waals surface area contributed by atoms with Crippen LogP contribution in [0.5, 0.6) is 0 Å². The zero-order valence-electron chi connectivity index (χ0n) is 8.86. The van der Waals surface area contributed by atoms with Gasteiger partial charge in [0.25, 0.3) is 5.22 Å². The summed E-state index contributed by atoms with van der Waals surface area (Å²) in [5, 5.41) is 0.732. The monoisotopic (exact) mass is 219 g/mol. The molecule has 2 nitrogen and oxygen atoms in total. The van der Waals surface area contributed by atoms with Crippen LogP contribution >= 0.6 is 11.8 Å². The molecular weight excluding hydrogens is 206 g/mol. The molecule has 3 heteroatoms. The summed E-state index contributed by atoms with van der Waals surface area (Å²) in [5.41, 5.74) is 3.96. The van der Waals surface area contributed by atoms with Crippen molar-refractivity contribution in [3.05, 3.63) is 47.3 Å².